The highest BCUT2D eigenvalue weighted by Gasteiger charge is 2.30. The minimum Gasteiger partial charge on any atom is -0.306 e. The van der Waals surface area contributed by atoms with Crippen LogP contribution in [0, 0.1) is 23.3 Å². The molecule has 0 spiro atoms. The predicted molar refractivity (Wildman–Crippen MR) is 111 cm³/mol. The van der Waals surface area contributed by atoms with Crippen molar-refractivity contribution < 1.29 is 17.6 Å². The first-order valence-electron chi connectivity index (χ1n) is 9.04. The van der Waals surface area contributed by atoms with Crippen molar-refractivity contribution in [1.82, 2.24) is 4.40 Å². The first kappa shape index (κ1) is 18.3. The van der Waals surface area contributed by atoms with Crippen molar-refractivity contribution in [2.24, 2.45) is 9.98 Å². The molecular formula is C23H13F4N3. The molecule has 3 aromatic carbocycles. The second kappa shape index (κ2) is 6.38. The van der Waals surface area contributed by atoms with E-state index in [2.05, 4.69) is 16.7 Å². The average molecular weight is 407 g/mol. The van der Waals surface area contributed by atoms with Crippen LogP contribution in [0.25, 0.3) is 27.2 Å². The lowest BCUT2D eigenvalue weighted by molar-refractivity contribution is 0.410. The molecule has 3 nitrogen and oxygen atoms in total. The fourth-order valence-corrected chi connectivity index (χ4v) is 4.14. The largest absolute Gasteiger partial charge is 0.306 e. The Kier molecular flexibility index (Phi) is 3.89. The van der Waals surface area contributed by atoms with E-state index >= 15 is 0 Å². The van der Waals surface area contributed by atoms with E-state index in [0.717, 1.165) is 27.2 Å². The zero-order valence-corrected chi connectivity index (χ0v) is 15.7. The summed E-state index contributed by atoms with van der Waals surface area (Å²) in [5.74, 6) is -7.04. The van der Waals surface area contributed by atoms with Crippen LogP contribution in [-0.2, 0) is 0 Å². The van der Waals surface area contributed by atoms with Gasteiger partial charge < -0.3 is 4.40 Å². The van der Waals surface area contributed by atoms with Crippen molar-refractivity contribution in [3.05, 3.63) is 83.1 Å². The number of hydrogen-bond acceptors (Lipinski definition) is 2. The summed E-state index contributed by atoms with van der Waals surface area (Å²) in [6, 6.07) is 15.1. The lowest BCUT2D eigenvalue weighted by Crippen LogP contribution is -2.13. The lowest BCUT2D eigenvalue weighted by atomic mass is 10.0. The van der Waals surface area contributed by atoms with Gasteiger partial charge in [0, 0.05) is 23.2 Å². The van der Waals surface area contributed by atoms with Crippen LogP contribution >= 0.6 is 0 Å². The maximum Gasteiger partial charge on any atom is 0.199 e. The molecule has 0 aliphatic rings. The van der Waals surface area contributed by atoms with Gasteiger partial charge in [0.05, 0.1) is 28.0 Å². The van der Waals surface area contributed by atoms with E-state index in [-0.39, 0.29) is 5.71 Å². The molecular weight excluding hydrogens is 394 g/mol. The Balaban J connectivity index is 1.95. The van der Waals surface area contributed by atoms with E-state index in [9.17, 15) is 17.6 Å². The van der Waals surface area contributed by atoms with Crippen LogP contribution in [0.2, 0.25) is 0 Å². The van der Waals surface area contributed by atoms with Gasteiger partial charge in [-0.3, -0.25) is 9.98 Å². The summed E-state index contributed by atoms with van der Waals surface area (Å²) in [5, 5.41) is 2.79. The SMILES string of the molecule is C=Nc1c(F)c(F)c(F)c(F)c1C(=NC)c1cc2cccc3c4ccccc4n1c23. The Hall–Kier alpha value is -3.74. The van der Waals surface area contributed by atoms with Gasteiger partial charge in [0.25, 0.3) is 0 Å². The van der Waals surface area contributed by atoms with Crippen molar-refractivity contribution in [3.8, 4) is 0 Å². The van der Waals surface area contributed by atoms with E-state index in [4.69, 9.17) is 0 Å². The van der Waals surface area contributed by atoms with Crippen LogP contribution in [0.3, 0.4) is 0 Å². The first-order valence-corrected chi connectivity index (χ1v) is 9.04. The van der Waals surface area contributed by atoms with Gasteiger partial charge in [-0.05, 0) is 18.9 Å². The Labute approximate surface area is 167 Å². The van der Waals surface area contributed by atoms with E-state index < -0.39 is 34.5 Å². The normalized spacial score (nSPS) is 12.5. The molecule has 0 N–H and O–H groups in total. The molecule has 2 heterocycles. The summed E-state index contributed by atoms with van der Waals surface area (Å²) in [6.45, 7) is 3.20. The molecule has 0 aliphatic carbocycles. The number of benzene rings is 3. The van der Waals surface area contributed by atoms with Gasteiger partial charge >= 0.3 is 0 Å². The lowest BCUT2D eigenvalue weighted by Gasteiger charge is -2.13. The van der Waals surface area contributed by atoms with Gasteiger partial charge in [-0.1, -0.05) is 36.4 Å². The van der Waals surface area contributed by atoms with Crippen LogP contribution in [0.15, 0.2) is 58.5 Å². The number of rotatable bonds is 3. The number of fused-ring (bicyclic) bond motifs is 3. The molecule has 5 aromatic rings. The van der Waals surface area contributed by atoms with E-state index in [0.29, 0.717) is 5.69 Å². The van der Waals surface area contributed by atoms with Crippen LogP contribution in [0.1, 0.15) is 11.3 Å². The molecule has 0 saturated carbocycles. The molecule has 0 bridgehead atoms. The standard InChI is InChI=1S/C23H13F4N3/c1-28-21(16-17(24)18(25)19(26)20(27)22(16)29-2)15-10-11-6-5-8-13-12-7-3-4-9-14(12)30(15)23(11)13/h3-10H,2H2,1H3. The van der Waals surface area contributed by atoms with Crippen molar-refractivity contribution in [2.45, 2.75) is 0 Å². The summed E-state index contributed by atoms with van der Waals surface area (Å²) in [7, 11) is 1.37. The number of aliphatic imine (C=N–C) groups is 2. The van der Waals surface area contributed by atoms with Gasteiger partial charge in [-0.2, -0.15) is 0 Å². The molecule has 0 radical (unpaired) electrons. The topological polar surface area (TPSA) is 29.1 Å². The van der Waals surface area contributed by atoms with Crippen molar-refractivity contribution in [2.75, 3.05) is 7.05 Å². The third-order valence-electron chi connectivity index (χ3n) is 5.36. The molecule has 7 heteroatoms. The predicted octanol–water partition coefficient (Wildman–Crippen LogP) is 6.04. The first-order chi connectivity index (χ1) is 14.5. The molecule has 0 aliphatic heterocycles. The highest BCUT2D eigenvalue weighted by molar-refractivity contribution is 6.22. The van der Waals surface area contributed by atoms with Crippen LogP contribution in [0.5, 0.6) is 0 Å². The van der Waals surface area contributed by atoms with Crippen LogP contribution in [-0.4, -0.2) is 23.9 Å². The zero-order chi connectivity index (χ0) is 21.2. The molecule has 0 saturated heterocycles. The van der Waals surface area contributed by atoms with Crippen molar-refractivity contribution in [1.29, 1.82) is 0 Å². The van der Waals surface area contributed by atoms with Gasteiger partial charge in [0.2, 0.25) is 0 Å². The Morgan fingerprint density at radius 2 is 1.57 bits per heavy atom. The fourth-order valence-electron chi connectivity index (χ4n) is 4.14. The molecule has 148 valence electrons. The monoisotopic (exact) mass is 407 g/mol. The average Bonchev–Trinajstić information content (AvgIpc) is 3.31. The maximum absolute atomic E-state index is 14.9. The number of hydrogen-bond donors (Lipinski definition) is 0. The molecule has 5 rings (SSSR count). The fraction of sp³-hybridized carbons (Fsp3) is 0.0435. The Bertz CT molecular complexity index is 1510. The smallest absolute Gasteiger partial charge is 0.199 e. The number of para-hydroxylation sites is 2. The molecule has 0 amide bonds. The molecule has 0 atom stereocenters. The number of halogens is 4. The van der Waals surface area contributed by atoms with E-state index in [1.165, 1.54) is 7.05 Å². The number of aromatic nitrogens is 1. The zero-order valence-electron chi connectivity index (χ0n) is 15.7. The highest BCUT2D eigenvalue weighted by Crippen LogP contribution is 2.38. The second-order valence-electron chi connectivity index (χ2n) is 6.84. The molecule has 2 aromatic heterocycles. The third-order valence-corrected chi connectivity index (χ3v) is 5.36. The summed E-state index contributed by atoms with van der Waals surface area (Å²) >= 11 is 0. The van der Waals surface area contributed by atoms with Crippen molar-refractivity contribution >= 4 is 45.3 Å². The Morgan fingerprint density at radius 3 is 2.30 bits per heavy atom. The highest BCUT2D eigenvalue weighted by atomic mass is 19.2. The van der Waals surface area contributed by atoms with E-state index in [1.54, 1.807) is 6.07 Å². The molecule has 0 unspecified atom stereocenters. The maximum atomic E-state index is 14.9. The summed E-state index contributed by atoms with van der Waals surface area (Å²) in [4.78, 5) is 7.55. The minimum absolute atomic E-state index is 0.0634. The second-order valence-corrected chi connectivity index (χ2v) is 6.84. The van der Waals surface area contributed by atoms with Crippen LogP contribution < -0.4 is 0 Å². The molecule has 0 fully saturated rings. The summed E-state index contributed by atoms with van der Waals surface area (Å²) in [6.07, 6.45) is 0. The van der Waals surface area contributed by atoms with Gasteiger partial charge in [0.15, 0.2) is 23.3 Å². The summed E-state index contributed by atoms with van der Waals surface area (Å²) in [5.41, 5.74) is 0.726. The van der Waals surface area contributed by atoms with E-state index in [1.807, 2.05) is 46.9 Å². The van der Waals surface area contributed by atoms with Crippen LogP contribution in [0.4, 0.5) is 23.2 Å². The third kappa shape index (κ3) is 2.20. The van der Waals surface area contributed by atoms with Gasteiger partial charge in [-0.25, -0.2) is 17.6 Å². The number of nitrogens with zero attached hydrogens (tertiary/aromatic N) is 3. The Morgan fingerprint density at radius 1 is 0.867 bits per heavy atom. The minimum atomic E-state index is -1.94. The summed E-state index contributed by atoms with van der Waals surface area (Å²) < 4.78 is 59.0. The quantitative estimate of drug-likeness (QED) is 0.151. The molecule has 30 heavy (non-hydrogen) atoms. The van der Waals surface area contributed by atoms with Gasteiger partial charge in [-0.15, -0.1) is 0 Å². The van der Waals surface area contributed by atoms with Crippen molar-refractivity contribution in [3.63, 3.8) is 0 Å². The van der Waals surface area contributed by atoms with Gasteiger partial charge in [0.1, 0.15) is 5.69 Å².